The fraction of sp³-hybridized carbons (Fsp3) is 0.250. The third-order valence-corrected chi connectivity index (χ3v) is 4.61. The number of hydrogen-bond acceptors (Lipinski definition) is 0. The molecule has 110 valence electrons. The second kappa shape index (κ2) is 4.57. The number of aromatic nitrogens is 2. The number of rotatable bonds is 1. The van der Waals surface area contributed by atoms with Crippen molar-refractivity contribution >= 4 is 0 Å². The van der Waals surface area contributed by atoms with Crippen LogP contribution in [0.25, 0.3) is 17.1 Å². The highest BCUT2D eigenvalue weighted by Crippen LogP contribution is 2.31. The summed E-state index contributed by atoms with van der Waals surface area (Å²) in [5.74, 6) is 1.30. The summed E-state index contributed by atoms with van der Waals surface area (Å²) < 4.78 is 4.70. The second-order valence-corrected chi connectivity index (χ2v) is 6.53. The van der Waals surface area contributed by atoms with E-state index >= 15 is 0 Å². The van der Waals surface area contributed by atoms with Crippen molar-refractivity contribution in [3.8, 4) is 17.1 Å². The van der Waals surface area contributed by atoms with Crippen molar-refractivity contribution in [2.75, 3.05) is 0 Å². The van der Waals surface area contributed by atoms with Crippen LogP contribution < -0.4 is 4.57 Å². The maximum Gasteiger partial charge on any atom is 0.294 e. The van der Waals surface area contributed by atoms with E-state index in [1.54, 1.807) is 0 Å². The van der Waals surface area contributed by atoms with Crippen molar-refractivity contribution in [2.24, 2.45) is 0 Å². The molecule has 0 aliphatic carbocycles. The largest absolute Gasteiger partial charge is 0.294 e. The zero-order valence-corrected chi connectivity index (χ0v) is 13.6. The quantitative estimate of drug-likeness (QED) is 0.468. The fourth-order valence-electron chi connectivity index (χ4n) is 3.83. The molecule has 0 spiro atoms. The number of fused-ring (bicyclic) bond motifs is 3. The Hall–Kier alpha value is -2.35. The van der Waals surface area contributed by atoms with Gasteiger partial charge in [0, 0.05) is 5.56 Å². The van der Waals surface area contributed by atoms with Crippen LogP contribution in [0.15, 0.2) is 42.7 Å². The topological polar surface area (TPSA) is 8.81 Å². The molecule has 0 N–H and O–H groups in total. The van der Waals surface area contributed by atoms with Crippen LogP contribution in [0.3, 0.4) is 0 Å². The summed E-state index contributed by atoms with van der Waals surface area (Å²) in [6, 6.07) is 11.3. The molecular formula is C20H21N2+. The van der Waals surface area contributed by atoms with Gasteiger partial charge in [-0.15, -0.1) is 0 Å². The van der Waals surface area contributed by atoms with Crippen LogP contribution in [0.1, 0.15) is 27.8 Å². The highest BCUT2D eigenvalue weighted by Gasteiger charge is 2.31. The lowest BCUT2D eigenvalue weighted by atomic mass is 10.0. The fourth-order valence-corrected chi connectivity index (χ4v) is 3.83. The van der Waals surface area contributed by atoms with E-state index in [0.29, 0.717) is 0 Å². The third kappa shape index (κ3) is 1.83. The van der Waals surface area contributed by atoms with Gasteiger partial charge in [0.2, 0.25) is 0 Å². The van der Waals surface area contributed by atoms with Gasteiger partial charge in [-0.25, -0.2) is 4.57 Å². The highest BCUT2D eigenvalue weighted by molar-refractivity contribution is 5.65. The van der Waals surface area contributed by atoms with Gasteiger partial charge in [-0.3, -0.25) is 0 Å². The zero-order chi connectivity index (χ0) is 15.4. The first-order valence-electron chi connectivity index (χ1n) is 7.83. The average Bonchev–Trinajstić information content (AvgIpc) is 2.96. The minimum absolute atomic E-state index is 0.975. The molecule has 1 aliphatic heterocycles. The summed E-state index contributed by atoms with van der Waals surface area (Å²) >= 11 is 0. The molecule has 0 saturated carbocycles. The lowest BCUT2D eigenvalue weighted by Gasteiger charge is -2.09. The predicted octanol–water partition coefficient (Wildman–Crippen LogP) is 4.03. The van der Waals surface area contributed by atoms with Crippen LogP contribution in [-0.4, -0.2) is 4.57 Å². The van der Waals surface area contributed by atoms with Gasteiger partial charge >= 0.3 is 0 Å². The van der Waals surface area contributed by atoms with E-state index in [2.05, 4.69) is 79.6 Å². The molecule has 22 heavy (non-hydrogen) atoms. The molecule has 0 bridgehead atoms. The Bertz CT molecular complexity index is 877. The van der Waals surface area contributed by atoms with Gasteiger partial charge < -0.3 is 0 Å². The first-order chi connectivity index (χ1) is 10.5. The standard InChI is InChI=1S/C20H21N2/c1-13-5-6-18-17(11-13)12-21-7-8-22(20(18)21)19-15(3)9-14(2)10-16(19)4/h5-11H,12H2,1-4H3/q+1. The van der Waals surface area contributed by atoms with Crippen molar-refractivity contribution in [1.29, 1.82) is 0 Å². The predicted molar refractivity (Wildman–Crippen MR) is 89.5 cm³/mol. The van der Waals surface area contributed by atoms with E-state index in [0.717, 1.165) is 6.54 Å². The van der Waals surface area contributed by atoms with Gasteiger partial charge in [-0.1, -0.05) is 35.4 Å². The summed E-state index contributed by atoms with van der Waals surface area (Å²) in [6.07, 6.45) is 4.40. The van der Waals surface area contributed by atoms with E-state index in [1.165, 1.54) is 44.9 Å². The first kappa shape index (κ1) is 13.3. The summed E-state index contributed by atoms with van der Waals surface area (Å²) in [7, 11) is 0. The molecule has 0 fully saturated rings. The monoisotopic (exact) mass is 289 g/mol. The van der Waals surface area contributed by atoms with Crippen LogP contribution in [0, 0.1) is 27.7 Å². The normalized spacial score (nSPS) is 12.4. The number of nitrogens with zero attached hydrogens (tertiary/aromatic N) is 2. The van der Waals surface area contributed by atoms with Gasteiger partial charge in [-0.05, 0) is 44.9 Å². The van der Waals surface area contributed by atoms with Crippen LogP contribution >= 0.6 is 0 Å². The van der Waals surface area contributed by atoms with Crippen molar-refractivity contribution in [2.45, 2.75) is 34.2 Å². The molecule has 3 aromatic rings. The molecule has 0 amide bonds. The highest BCUT2D eigenvalue weighted by atomic mass is 15.2. The third-order valence-electron chi connectivity index (χ3n) is 4.61. The second-order valence-electron chi connectivity index (χ2n) is 6.53. The van der Waals surface area contributed by atoms with Crippen molar-refractivity contribution in [1.82, 2.24) is 4.57 Å². The Morgan fingerprint density at radius 2 is 1.64 bits per heavy atom. The molecule has 1 aromatic heterocycles. The zero-order valence-electron chi connectivity index (χ0n) is 13.6. The molecule has 1 aliphatic rings. The van der Waals surface area contributed by atoms with Crippen molar-refractivity contribution < 1.29 is 4.57 Å². The molecule has 2 heteroatoms. The van der Waals surface area contributed by atoms with Crippen LogP contribution in [-0.2, 0) is 6.54 Å². The summed E-state index contributed by atoms with van der Waals surface area (Å²) in [4.78, 5) is 0. The number of benzene rings is 2. The Kier molecular flexibility index (Phi) is 2.77. The van der Waals surface area contributed by atoms with Gasteiger partial charge in [0.05, 0.1) is 5.56 Å². The minimum atomic E-state index is 0.975. The molecular weight excluding hydrogens is 268 g/mol. The molecule has 4 rings (SSSR count). The molecule has 0 atom stereocenters. The van der Waals surface area contributed by atoms with Gasteiger partial charge in [-0.2, -0.15) is 4.57 Å². The number of hydrogen-bond donors (Lipinski definition) is 0. The van der Waals surface area contributed by atoms with Crippen molar-refractivity contribution in [3.63, 3.8) is 0 Å². The summed E-state index contributed by atoms with van der Waals surface area (Å²) in [5, 5.41) is 0. The molecule has 0 unspecified atom stereocenters. The van der Waals surface area contributed by atoms with Gasteiger partial charge in [0.1, 0.15) is 24.6 Å². The van der Waals surface area contributed by atoms with E-state index in [1.807, 2.05) is 0 Å². The van der Waals surface area contributed by atoms with E-state index in [4.69, 9.17) is 0 Å². The lowest BCUT2D eigenvalue weighted by Crippen LogP contribution is -2.30. The molecule has 2 nitrogen and oxygen atoms in total. The number of aryl methyl sites for hydroxylation is 4. The van der Waals surface area contributed by atoms with E-state index < -0.39 is 0 Å². The Morgan fingerprint density at radius 3 is 2.36 bits per heavy atom. The Labute approximate surface area is 131 Å². The van der Waals surface area contributed by atoms with E-state index in [9.17, 15) is 0 Å². The summed E-state index contributed by atoms with van der Waals surface area (Å²) in [6.45, 7) is 9.71. The molecule has 2 aromatic carbocycles. The number of imidazole rings is 1. The molecule has 0 radical (unpaired) electrons. The van der Waals surface area contributed by atoms with Crippen LogP contribution in [0.4, 0.5) is 0 Å². The average molecular weight is 289 g/mol. The molecule has 2 heterocycles. The minimum Gasteiger partial charge on any atom is -0.225 e. The van der Waals surface area contributed by atoms with Crippen LogP contribution in [0.5, 0.6) is 0 Å². The maximum atomic E-state index is 2.35. The lowest BCUT2D eigenvalue weighted by molar-refractivity contribution is -0.671. The van der Waals surface area contributed by atoms with Crippen LogP contribution in [0.2, 0.25) is 0 Å². The maximum absolute atomic E-state index is 2.35. The molecule has 0 saturated heterocycles. The van der Waals surface area contributed by atoms with Gasteiger partial charge in [0.25, 0.3) is 5.82 Å². The van der Waals surface area contributed by atoms with E-state index in [-0.39, 0.29) is 0 Å². The Balaban J connectivity index is 1.97. The SMILES string of the molecule is Cc1cc(C)c(-n2cc[n+]3c2-c2ccc(C)cc2C3)c(C)c1. The summed E-state index contributed by atoms with van der Waals surface area (Å²) in [5.41, 5.74) is 9.41. The van der Waals surface area contributed by atoms with Crippen molar-refractivity contribution in [3.05, 3.63) is 70.5 Å². The smallest absolute Gasteiger partial charge is 0.225 e. The van der Waals surface area contributed by atoms with Gasteiger partial charge in [0.15, 0.2) is 0 Å². The first-order valence-corrected chi connectivity index (χ1v) is 7.83. The Morgan fingerprint density at radius 1 is 0.909 bits per heavy atom.